The Balaban J connectivity index is 1.32. The summed E-state index contributed by atoms with van der Waals surface area (Å²) >= 11 is 0. The number of carboxylic acid groups (broad SMARTS) is 1. The number of carboxylic acids is 1. The van der Waals surface area contributed by atoms with Crippen LogP contribution in [-0.4, -0.2) is 23.6 Å². The first-order chi connectivity index (χ1) is 16.9. The first kappa shape index (κ1) is 24.3. The van der Waals surface area contributed by atoms with Crippen LogP contribution < -0.4 is 10.1 Å². The van der Waals surface area contributed by atoms with E-state index in [2.05, 4.69) is 49.5 Å². The zero-order valence-corrected chi connectivity index (χ0v) is 20.2. The highest BCUT2D eigenvalue weighted by Crippen LogP contribution is 2.37. The fraction of sp³-hybridized carbons (Fsp3) is 0.267. The summed E-state index contributed by atoms with van der Waals surface area (Å²) < 4.78 is 5.24. The molecule has 0 spiro atoms. The van der Waals surface area contributed by atoms with Gasteiger partial charge in [-0.05, 0) is 66.1 Å². The van der Waals surface area contributed by atoms with E-state index < -0.39 is 12.6 Å². The normalized spacial score (nSPS) is 14.7. The van der Waals surface area contributed by atoms with E-state index in [1.807, 2.05) is 24.3 Å². The monoisotopic (exact) mass is 469 g/mol. The minimum absolute atomic E-state index is 0.241. The van der Waals surface area contributed by atoms with E-state index in [9.17, 15) is 9.59 Å². The molecule has 180 valence electrons. The van der Waals surface area contributed by atoms with Crippen LogP contribution in [0.3, 0.4) is 0 Å². The molecule has 0 radical (unpaired) electrons. The number of carbonyl (C=O) groups is 2. The summed E-state index contributed by atoms with van der Waals surface area (Å²) in [5.74, 6) is -0.123. The Morgan fingerprint density at radius 2 is 1.63 bits per heavy atom. The summed E-state index contributed by atoms with van der Waals surface area (Å²) in [7, 11) is 0. The van der Waals surface area contributed by atoms with Crippen molar-refractivity contribution in [2.45, 2.75) is 39.0 Å². The van der Waals surface area contributed by atoms with Crippen molar-refractivity contribution in [2.24, 2.45) is 5.92 Å². The molecule has 3 aromatic rings. The van der Waals surface area contributed by atoms with Crippen LogP contribution in [0.4, 0.5) is 5.69 Å². The first-order valence-corrected chi connectivity index (χ1v) is 12.0. The minimum atomic E-state index is -1.09. The fourth-order valence-electron chi connectivity index (χ4n) is 4.34. The summed E-state index contributed by atoms with van der Waals surface area (Å²) in [5, 5.41) is 11.7. The molecule has 3 aromatic carbocycles. The van der Waals surface area contributed by atoms with Crippen LogP contribution in [0.1, 0.15) is 53.2 Å². The predicted octanol–water partition coefficient (Wildman–Crippen LogP) is 6.26. The zero-order valence-electron chi connectivity index (χ0n) is 20.2. The molecule has 5 nitrogen and oxygen atoms in total. The average Bonchev–Trinajstić information content (AvgIpc) is 2.81. The molecule has 35 heavy (non-hydrogen) atoms. The Morgan fingerprint density at radius 3 is 2.29 bits per heavy atom. The maximum atomic E-state index is 12.7. The summed E-state index contributed by atoms with van der Waals surface area (Å²) in [6, 6.07) is 23.5. The standard InChI is InChI=1S/C30H31NO4/c1-20(2)15-21-7-9-22(10-8-21)16-23-17-25(18-23)24-11-13-26(14-12-24)31-30(34)27-5-3-4-6-28(27)35-19-29(32)33/h3-14,17,20,25H,15-16,18-19H2,1-2H3,(H,31,34)(H,32,33). The largest absolute Gasteiger partial charge is 0.481 e. The van der Waals surface area contributed by atoms with Crippen LogP contribution in [0.15, 0.2) is 84.4 Å². The van der Waals surface area contributed by atoms with Gasteiger partial charge in [0.1, 0.15) is 5.75 Å². The molecule has 4 rings (SSSR count). The number of amides is 1. The molecular weight excluding hydrogens is 438 g/mol. The number of aliphatic carboxylic acids is 1. The zero-order chi connectivity index (χ0) is 24.8. The van der Waals surface area contributed by atoms with Gasteiger partial charge in [-0.25, -0.2) is 4.79 Å². The van der Waals surface area contributed by atoms with E-state index in [-0.39, 0.29) is 11.7 Å². The minimum Gasteiger partial charge on any atom is -0.481 e. The van der Waals surface area contributed by atoms with Crippen molar-refractivity contribution in [2.75, 3.05) is 11.9 Å². The number of hydrogen-bond donors (Lipinski definition) is 2. The molecule has 0 saturated carbocycles. The molecule has 1 amide bonds. The van der Waals surface area contributed by atoms with E-state index in [1.54, 1.807) is 24.3 Å². The molecule has 1 aliphatic rings. The quantitative estimate of drug-likeness (QED) is 0.344. The second kappa shape index (κ2) is 11.0. The molecule has 5 heteroatoms. The molecule has 0 aliphatic heterocycles. The molecule has 1 unspecified atom stereocenters. The van der Waals surface area contributed by atoms with E-state index in [1.165, 1.54) is 22.3 Å². The van der Waals surface area contributed by atoms with Gasteiger partial charge in [-0.1, -0.05) is 74.0 Å². The van der Waals surface area contributed by atoms with E-state index in [0.717, 1.165) is 19.3 Å². The number of para-hydroxylation sites is 1. The second-order valence-corrected chi connectivity index (χ2v) is 9.48. The SMILES string of the molecule is CC(C)Cc1ccc(CC2=CC(c3ccc(NC(=O)c4ccccc4OCC(=O)O)cc3)C2)cc1. The van der Waals surface area contributed by atoms with E-state index in [4.69, 9.17) is 9.84 Å². The number of hydrogen-bond acceptors (Lipinski definition) is 3. The van der Waals surface area contributed by atoms with Crippen LogP contribution in [0.5, 0.6) is 5.75 Å². The Morgan fingerprint density at radius 1 is 0.971 bits per heavy atom. The second-order valence-electron chi connectivity index (χ2n) is 9.48. The smallest absolute Gasteiger partial charge is 0.341 e. The van der Waals surface area contributed by atoms with Crippen molar-refractivity contribution in [3.63, 3.8) is 0 Å². The van der Waals surface area contributed by atoms with E-state index in [0.29, 0.717) is 23.1 Å². The summed E-state index contributed by atoms with van der Waals surface area (Å²) in [4.78, 5) is 23.5. The molecule has 0 saturated heterocycles. The lowest BCUT2D eigenvalue weighted by Crippen LogP contribution is -2.16. The number of anilines is 1. The summed E-state index contributed by atoms with van der Waals surface area (Å²) in [6.07, 6.45) is 5.50. The van der Waals surface area contributed by atoms with E-state index >= 15 is 0 Å². The van der Waals surface area contributed by atoms with Gasteiger partial charge in [0.25, 0.3) is 5.91 Å². The average molecular weight is 470 g/mol. The Hall–Kier alpha value is -3.86. The Bertz CT molecular complexity index is 1210. The predicted molar refractivity (Wildman–Crippen MR) is 138 cm³/mol. The van der Waals surface area contributed by atoms with Crippen molar-refractivity contribution in [3.8, 4) is 5.75 Å². The number of rotatable bonds is 10. The highest BCUT2D eigenvalue weighted by atomic mass is 16.5. The number of carbonyl (C=O) groups excluding carboxylic acids is 1. The molecule has 0 heterocycles. The lowest BCUT2D eigenvalue weighted by molar-refractivity contribution is -0.139. The van der Waals surface area contributed by atoms with Crippen molar-refractivity contribution in [3.05, 3.63) is 107 Å². The van der Waals surface area contributed by atoms with Crippen LogP contribution in [0.2, 0.25) is 0 Å². The van der Waals surface area contributed by atoms with Crippen molar-refractivity contribution >= 4 is 17.6 Å². The van der Waals surface area contributed by atoms with Gasteiger partial charge in [-0.2, -0.15) is 0 Å². The molecule has 0 bridgehead atoms. The van der Waals surface area contributed by atoms with Gasteiger partial charge < -0.3 is 15.2 Å². The third-order valence-corrected chi connectivity index (χ3v) is 6.10. The van der Waals surface area contributed by atoms with Gasteiger partial charge in [0.05, 0.1) is 5.56 Å². The maximum absolute atomic E-state index is 12.7. The number of benzene rings is 3. The molecular formula is C30H31NO4. The van der Waals surface area contributed by atoms with Gasteiger partial charge in [0.15, 0.2) is 6.61 Å². The maximum Gasteiger partial charge on any atom is 0.341 e. The van der Waals surface area contributed by atoms with Gasteiger partial charge in [0.2, 0.25) is 0 Å². The van der Waals surface area contributed by atoms with Crippen LogP contribution in [-0.2, 0) is 17.6 Å². The van der Waals surface area contributed by atoms with Crippen molar-refractivity contribution in [1.29, 1.82) is 0 Å². The summed E-state index contributed by atoms with van der Waals surface area (Å²) in [6.45, 7) is 3.99. The molecule has 0 aromatic heterocycles. The number of allylic oxidation sites excluding steroid dienone is 2. The molecule has 1 aliphatic carbocycles. The highest BCUT2D eigenvalue weighted by molar-refractivity contribution is 6.06. The van der Waals surface area contributed by atoms with Crippen molar-refractivity contribution in [1.82, 2.24) is 0 Å². The van der Waals surface area contributed by atoms with Gasteiger partial charge in [-0.3, -0.25) is 4.79 Å². The molecule has 0 fully saturated rings. The lowest BCUT2D eigenvalue weighted by Gasteiger charge is -2.26. The lowest BCUT2D eigenvalue weighted by atomic mass is 9.79. The first-order valence-electron chi connectivity index (χ1n) is 12.0. The van der Waals surface area contributed by atoms with Crippen LogP contribution in [0.25, 0.3) is 0 Å². The Kier molecular flexibility index (Phi) is 7.66. The topological polar surface area (TPSA) is 75.6 Å². The van der Waals surface area contributed by atoms with Gasteiger partial charge in [0, 0.05) is 11.6 Å². The van der Waals surface area contributed by atoms with Crippen molar-refractivity contribution < 1.29 is 19.4 Å². The van der Waals surface area contributed by atoms with Gasteiger partial charge >= 0.3 is 5.97 Å². The van der Waals surface area contributed by atoms with Crippen LogP contribution >= 0.6 is 0 Å². The van der Waals surface area contributed by atoms with Crippen LogP contribution in [0, 0.1) is 5.92 Å². The number of nitrogens with one attached hydrogen (secondary N) is 1. The fourth-order valence-corrected chi connectivity index (χ4v) is 4.34. The third-order valence-electron chi connectivity index (χ3n) is 6.10. The molecule has 2 N–H and O–H groups in total. The molecule has 1 atom stereocenters. The Labute approximate surface area is 206 Å². The highest BCUT2D eigenvalue weighted by Gasteiger charge is 2.21. The third kappa shape index (κ3) is 6.60. The summed E-state index contributed by atoms with van der Waals surface area (Å²) in [5.41, 5.74) is 6.41. The van der Waals surface area contributed by atoms with Gasteiger partial charge in [-0.15, -0.1) is 0 Å². The number of ether oxygens (including phenoxy) is 1.